The van der Waals surface area contributed by atoms with Gasteiger partial charge in [0.05, 0.1) is 12.6 Å². The lowest BCUT2D eigenvalue weighted by atomic mass is 10.0. The molecule has 0 aliphatic heterocycles. The normalized spacial score (nSPS) is 13.1. The third-order valence-electron chi connectivity index (χ3n) is 5.77. The summed E-state index contributed by atoms with van der Waals surface area (Å²) in [6.07, 6.45) is 2.05. The summed E-state index contributed by atoms with van der Waals surface area (Å²) < 4.78 is 0. The van der Waals surface area contributed by atoms with Gasteiger partial charge in [0.2, 0.25) is 23.6 Å². The Kier molecular flexibility index (Phi) is 11.7. The lowest BCUT2D eigenvalue weighted by Gasteiger charge is -2.21. The summed E-state index contributed by atoms with van der Waals surface area (Å²) in [4.78, 5) is 67.4. The van der Waals surface area contributed by atoms with Crippen molar-refractivity contribution in [3.8, 4) is 0 Å². The summed E-state index contributed by atoms with van der Waals surface area (Å²) in [6.45, 7) is -0.279. The van der Waals surface area contributed by atoms with Crippen molar-refractivity contribution in [1.29, 1.82) is 0 Å². The predicted octanol–water partition coefficient (Wildman–Crippen LogP) is -2.47. The van der Waals surface area contributed by atoms with E-state index in [-0.39, 0.29) is 38.2 Å². The third-order valence-corrected chi connectivity index (χ3v) is 5.77. The number of para-hydroxylation sites is 1. The molecule has 212 valence electrons. The van der Waals surface area contributed by atoms with E-state index in [1.165, 1.54) is 0 Å². The van der Waals surface area contributed by atoms with Crippen molar-refractivity contribution >= 4 is 46.5 Å². The molecule has 0 saturated heterocycles. The lowest BCUT2D eigenvalue weighted by Crippen LogP contribution is -2.54. The highest BCUT2D eigenvalue weighted by Crippen LogP contribution is 2.19. The van der Waals surface area contributed by atoms with Crippen molar-refractivity contribution in [3.63, 3.8) is 0 Å². The number of aromatic amines is 1. The molecule has 0 saturated carbocycles. The number of hydrogen-bond donors (Lipinski definition) is 9. The number of carbonyl (C=O) groups is 5. The first-order valence-corrected chi connectivity index (χ1v) is 12.2. The average molecular weight is 546 g/mol. The molecule has 15 nitrogen and oxygen atoms in total. The van der Waals surface area contributed by atoms with Crippen LogP contribution in [0, 0.1) is 0 Å². The number of nitrogens with two attached hydrogens (primary N) is 4. The van der Waals surface area contributed by atoms with E-state index in [4.69, 9.17) is 22.9 Å². The molecule has 4 amide bonds. The number of aromatic nitrogens is 1. The molecule has 0 bridgehead atoms. The van der Waals surface area contributed by atoms with Crippen LogP contribution in [0.2, 0.25) is 0 Å². The summed E-state index contributed by atoms with van der Waals surface area (Å²) in [5.41, 5.74) is 23.2. The van der Waals surface area contributed by atoms with Gasteiger partial charge >= 0.3 is 5.97 Å². The van der Waals surface area contributed by atoms with Crippen molar-refractivity contribution in [1.82, 2.24) is 20.9 Å². The van der Waals surface area contributed by atoms with Crippen molar-refractivity contribution in [3.05, 3.63) is 36.0 Å². The van der Waals surface area contributed by atoms with Crippen LogP contribution in [0.1, 0.15) is 31.2 Å². The zero-order valence-corrected chi connectivity index (χ0v) is 21.3. The van der Waals surface area contributed by atoms with E-state index in [1.54, 1.807) is 6.20 Å². The molecule has 3 unspecified atom stereocenters. The van der Waals surface area contributed by atoms with E-state index in [1.807, 2.05) is 24.3 Å². The molecule has 0 spiro atoms. The summed E-state index contributed by atoms with van der Waals surface area (Å²) in [5.74, 6) is -4.20. The van der Waals surface area contributed by atoms with Crippen LogP contribution in [0.25, 0.3) is 10.9 Å². The predicted molar refractivity (Wildman–Crippen MR) is 143 cm³/mol. The van der Waals surface area contributed by atoms with Gasteiger partial charge in [-0.2, -0.15) is 0 Å². The molecule has 1 aromatic carbocycles. The number of benzene rings is 1. The van der Waals surface area contributed by atoms with E-state index in [2.05, 4.69) is 25.9 Å². The molecule has 0 aliphatic rings. The second-order valence-corrected chi connectivity index (χ2v) is 8.86. The Morgan fingerprint density at radius 2 is 1.69 bits per heavy atom. The minimum Gasteiger partial charge on any atom is -0.480 e. The highest BCUT2D eigenvalue weighted by atomic mass is 16.4. The first-order valence-electron chi connectivity index (χ1n) is 12.2. The highest BCUT2D eigenvalue weighted by Gasteiger charge is 2.26. The Morgan fingerprint density at radius 3 is 2.36 bits per heavy atom. The van der Waals surface area contributed by atoms with E-state index >= 15 is 0 Å². The van der Waals surface area contributed by atoms with E-state index < -0.39 is 54.3 Å². The van der Waals surface area contributed by atoms with Crippen molar-refractivity contribution < 1.29 is 29.1 Å². The van der Waals surface area contributed by atoms with Crippen molar-refractivity contribution in [2.24, 2.45) is 27.9 Å². The summed E-state index contributed by atoms with van der Waals surface area (Å²) in [5, 5.41) is 17.4. The number of carbonyl (C=O) groups excluding carboxylic acids is 4. The van der Waals surface area contributed by atoms with Gasteiger partial charge in [0.15, 0.2) is 5.96 Å². The molecular formula is C24H35N9O6. The molecule has 3 atom stereocenters. The maximum atomic E-state index is 13.1. The number of aliphatic carboxylic acids is 1. The molecule has 2 aromatic rings. The van der Waals surface area contributed by atoms with Crippen LogP contribution in [0.3, 0.4) is 0 Å². The number of fused-ring (bicyclic) bond motifs is 1. The lowest BCUT2D eigenvalue weighted by molar-refractivity contribution is -0.142. The number of guanidine groups is 1. The van der Waals surface area contributed by atoms with E-state index in [0.717, 1.165) is 16.5 Å². The summed E-state index contributed by atoms with van der Waals surface area (Å²) in [7, 11) is 0. The fourth-order valence-corrected chi connectivity index (χ4v) is 3.74. The van der Waals surface area contributed by atoms with Crippen LogP contribution in [-0.2, 0) is 30.4 Å². The Labute approximate surface area is 224 Å². The molecule has 0 fully saturated rings. The number of nitrogens with one attached hydrogen (secondary N) is 4. The SMILES string of the molecule is NC(=O)CCC(NC(=O)CNC(=O)C(Cc1c[nH]c2ccccc12)NC(=O)C(N)CCCN=C(N)N)C(=O)O. The number of primary amides is 1. The van der Waals surface area contributed by atoms with Gasteiger partial charge < -0.3 is 49.0 Å². The Morgan fingerprint density at radius 1 is 0.974 bits per heavy atom. The van der Waals surface area contributed by atoms with Crippen LogP contribution in [-0.4, -0.2) is 76.9 Å². The van der Waals surface area contributed by atoms with E-state index in [9.17, 15) is 29.1 Å². The van der Waals surface area contributed by atoms with Gasteiger partial charge in [-0.25, -0.2) is 4.79 Å². The maximum absolute atomic E-state index is 13.1. The minimum absolute atomic E-state index is 0.0740. The fourth-order valence-electron chi connectivity index (χ4n) is 3.74. The van der Waals surface area contributed by atoms with E-state index in [0.29, 0.717) is 6.42 Å². The van der Waals surface area contributed by atoms with Gasteiger partial charge in [-0.1, -0.05) is 18.2 Å². The van der Waals surface area contributed by atoms with Crippen molar-refractivity contribution in [2.75, 3.05) is 13.1 Å². The zero-order chi connectivity index (χ0) is 28.9. The molecule has 39 heavy (non-hydrogen) atoms. The number of hydrogen-bond acceptors (Lipinski definition) is 7. The zero-order valence-electron chi connectivity index (χ0n) is 21.3. The second kappa shape index (κ2) is 14.9. The van der Waals surface area contributed by atoms with Crippen LogP contribution in [0.5, 0.6) is 0 Å². The first kappa shape index (κ1) is 30.6. The summed E-state index contributed by atoms with van der Waals surface area (Å²) >= 11 is 0. The first-order chi connectivity index (χ1) is 18.5. The molecule has 1 heterocycles. The minimum atomic E-state index is -1.36. The molecule has 15 heteroatoms. The number of carboxylic acid groups (broad SMARTS) is 1. The van der Waals surface area contributed by atoms with Gasteiger partial charge in [-0.3, -0.25) is 24.2 Å². The number of amides is 4. The number of nitrogens with zero attached hydrogens (tertiary/aromatic N) is 1. The number of aliphatic imine (C=N–C) groups is 1. The van der Waals surface area contributed by atoms with Gasteiger partial charge in [-0.15, -0.1) is 0 Å². The largest absolute Gasteiger partial charge is 0.480 e. The number of rotatable bonds is 16. The maximum Gasteiger partial charge on any atom is 0.326 e. The van der Waals surface area contributed by atoms with Crippen molar-refractivity contribution in [2.45, 2.75) is 50.2 Å². The smallest absolute Gasteiger partial charge is 0.326 e. The molecule has 13 N–H and O–H groups in total. The standard InChI is InChI=1S/C24H35N9O6/c25-15(5-3-9-29-24(27)28)21(36)33-18(10-13-11-30-16-6-2-1-4-14(13)16)22(37)31-12-20(35)32-17(23(38)39)7-8-19(26)34/h1-2,4,6,11,15,17-18,30H,3,5,7-10,12,25H2,(H2,26,34)(H,31,37)(H,32,35)(H,33,36)(H,38,39)(H4,27,28,29). The quantitative estimate of drug-likeness (QED) is 0.0613. The van der Waals surface area contributed by atoms with Gasteiger partial charge in [0.25, 0.3) is 0 Å². The average Bonchev–Trinajstić information content (AvgIpc) is 3.29. The van der Waals surface area contributed by atoms with Gasteiger partial charge in [0, 0.05) is 36.5 Å². The third kappa shape index (κ3) is 10.3. The van der Waals surface area contributed by atoms with Gasteiger partial charge in [-0.05, 0) is 30.9 Å². The van der Waals surface area contributed by atoms with Crippen LogP contribution < -0.4 is 38.9 Å². The molecular weight excluding hydrogens is 510 g/mol. The van der Waals surface area contributed by atoms with Crippen LogP contribution >= 0.6 is 0 Å². The van der Waals surface area contributed by atoms with Gasteiger partial charge in [0.1, 0.15) is 12.1 Å². The Bertz CT molecular complexity index is 1210. The molecule has 0 aliphatic carbocycles. The Hall–Kier alpha value is -4.66. The second-order valence-electron chi connectivity index (χ2n) is 8.86. The number of carboxylic acids is 1. The Balaban J connectivity index is 2.07. The van der Waals surface area contributed by atoms with Crippen LogP contribution in [0.15, 0.2) is 35.5 Å². The fraction of sp³-hybridized carbons (Fsp3) is 0.417. The highest BCUT2D eigenvalue weighted by molar-refractivity contribution is 5.93. The topological polar surface area (TPSA) is 274 Å². The molecule has 1 aromatic heterocycles. The summed E-state index contributed by atoms with van der Waals surface area (Å²) in [6, 6.07) is 4.00. The molecule has 2 rings (SSSR count). The monoisotopic (exact) mass is 545 g/mol. The number of H-pyrrole nitrogens is 1. The molecule has 0 radical (unpaired) electrons. The van der Waals surface area contributed by atoms with Crippen LogP contribution in [0.4, 0.5) is 0 Å².